The molecule has 5 heteroatoms. The summed E-state index contributed by atoms with van der Waals surface area (Å²) in [4.78, 5) is 11.2. The van der Waals surface area contributed by atoms with E-state index >= 15 is 0 Å². The zero-order valence-electron chi connectivity index (χ0n) is 9.41. The molecule has 1 rings (SSSR count). The predicted octanol–water partition coefficient (Wildman–Crippen LogP) is 2.07. The summed E-state index contributed by atoms with van der Waals surface area (Å²) in [5.41, 5.74) is 0.400. The van der Waals surface area contributed by atoms with Crippen molar-refractivity contribution in [3.05, 3.63) is 28.8 Å². The minimum atomic E-state index is -0.421. The minimum absolute atomic E-state index is 0.151. The molecule has 1 aromatic carbocycles. The van der Waals surface area contributed by atoms with Crippen molar-refractivity contribution in [3.8, 4) is 5.75 Å². The maximum absolute atomic E-state index is 11.2. The lowest BCUT2D eigenvalue weighted by atomic mass is 10.2. The summed E-state index contributed by atoms with van der Waals surface area (Å²) >= 11 is 5.97. The number of carbonyl (C=O) groups excluding carboxylic acids is 1. The first-order chi connectivity index (χ1) is 7.58. The molecule has 0 fully saturated rings. The molecule has 0 aliphatic rings. The first kappa shape index (κ1) is 12.8. The third kappa shape index (κ3) is 3.12. The second-order valence-electron chi connectivity index (χ2n) is 3.19. The molecule has 1 unspecified atom stereocenters. The van der Waals surface area contributed by atoms with Gasteiger partial charge >= 0.3 is 5.97 Å². The van der Waals surface area contributed by atoms with E-state index in [9.17, 15) is 4.79 Å². The second kappa shape index (κ2) is 5.72. The Kier molecular flexibility index (Phi) is 4.58. The third-order valence-electron chi connectivity index (χ3n) is 2.06. The summed E-state index contributed by atoms with van der Waals surface area (Å²) < 4.78 is 10.1. The Morgan fingerprint density at radius 3 is 2.69 bits per heavy atom. The number of esters is 1. The maximum atomic E-state index is 11.2. The Hall–Kier alpha value is -1.26. The van der Waals surface area contributed by atoms with Crippen LogP contribution in [0.25, 0.3) is 0 Å². The highest BCUT2D eigenvalue weighted by atomic mass is 35.5. The Morgan fingerprint density at radius 1 is 1.50 bits per heavy atom. The predicted molar refractivity (Wildman–Crippen MR) is 61.9 cm³/mol. The molecular formula is C11H14ClNO3. The summed E-state index contributed by atoms with van der Waals surface area (Å²) in [5, 5.41) is 3.30. The van der Waals surface area contributed by atoms with Crippen LogP contribution in [0.5, 0.6) is 5.75 Å². The zero-order valence-corrected chi connectivity index (χ0v) is 10.2. The Bertz CT molecular complexity index is 381. The number of nitrogens with one attached hydrogen (secondary N) is 1. The number of methoxy groups -OCH3 is 1. The molecule has 1 atom stereocenters. The summed E-state index contributed by atoms with van der Waals surface area (Å²) in [6, 6.07) is 4.77. The van der Waals surface area contributed by atoms with Crippen molar-refractivity contribution >= 4 is 17.6 Å². The van der Waals surface area contributed by atoms with Gasteiger partial charge in [-0.05, 0) is 32.2 Å². The Morgan fingerprint density at radius 2 is 2.19 bits per heavy atom. The minimum Gasteiger partial charge on any atom is -0.474 e. The van der Waals surface area contributed by atoms with Crippen molar-refractivity contribution in [2.24, 2.45) is 0 Å². The van der Waals surface area contributed by atoms with Crippen molar-refractivity contribution in [2.45, 2.75) is 13.2 Å². The first-order valence-electron chi connectivity index (χ1n) is 4.80. The SMILES string of the molecule is CNC(C)Oc1ccc(C(=O)OC)cc1Cl. The highest BCUT2D eigenvalue weighted by Crippen LogP contribution is 2.26. The van der Waals surface area contributed by atoms with Gasteiger partial charge in [0.25, 0.3) is 0 Å². The number of benzene rings is 1. The molecule has 0 saturated carbocycles. The maximum Gasteiger partial charge on any atom is 0.337 e. The zero-order chi connectivity index (χ0) is 12.1. The molecule has 0 aliphatic carbocycles. The van der Waals surface area contributed by atoms with Gasteiger partial charge in [0.15, 0.2) is 0 Å². The van der Waals surface area contributed by atoms with Gasteiger partial charge in [-0.1, -0.05) is 11.6 Å². The van der Waals surface area contributed by atoms with Gasteiger partial charge in [0.2, 0.25) is 0 Å². The van der Waals surface area contributed by atoms with Crippen LogP contribution in [0.2, 0.25) is 5.02 Å². The average Bonchev–Trinajstić information content (AvgIpc) is 2.30. The monoisotopic (exact) mass is 243 g/mol. The van der Waals surface area contributed by atoms with Gasteiger partial charge in [-0.2, -0.15) is 0 Å². The number of ether oxygens (including phenoxy) is 2. The number of carbonyl (C=O) groups is 1. The van der Waals surface area contributed by atoms with Crippen LogP contribution >= 0.6 is 11.6 Å². The number of halogens is 1. The fraction of sp³-hybridized carbons (Fsp3) is 0.364. The molecule has 0 amide bonds. The van der Waals surface area contributed by atoms with Gasteiger partial charge in [-0.15, -0.1) is 0 Å². The average molecular weight is 244 g/mol. The van der Waals surface area contributed by atoms with Gasteiger partial charge in [0.05, 0.1) is 17.7 Å². The summed E-state index contributed by atoms with van der Waals surface area (Å²) in [5.74, 6) is 0.103. The van der Waals surface area contributed by atoms with E-state index < -0.39 is 5.97 Å². The fourth-order valence-electron chi connectivity index (χ4n) is 1.09. The molecule has 0 saturated heterocycles. The van der Waals surface area contributed by atoms with Crippen LogP contribution in [-0.4, -0.2) is 26.4 Å². The van der Waals surface area contributed by atoms with E-state index in [1.807, 2.05) is 6.92 Å². The lowest BCUT2D eigenvalue weighted by molar-refractivity contribution is 0.0600. The highest BCUT2D eigenvalue weighted by Gasteiger charge is 2.10. The van der Waals surface area contributed by atoms with Crippen molar-refractivity contribution < 1.29 is 14.3 Å². The van der Waals surface area contributed by atoms with E-state index in [1.54, 1.807) is 19.2 Å². The molecule has 0 radical (unpaired) electrons. The first-order valence-corrected chi connectivity index (χ1v) is 5.18. The van der Waals surface area contributed by atoms with Crippen LogP contribution < -0.4 is 10.1 Å². The Balaban J connectivity index is 2.87. The topological polar surface area (TPSA) is 47.6 Å². The fourth-order valence-corrected chi connectivity index (χ4v) is 1.32. The molecule has 0 bridgehead atoms. The second-order valence-corrected chi connectivity index (χ2v) is 3.59. The normalized spacial score (nSPS) is 12.0. The molecule has 0 aliphatic heterocycles. The molecular weight excluding hydrogens is 230 g/mol. The quantitative estimate of drug-likeness (QED) is 0.650. The van der Waals surface area contributed by atoms with Gasteiger partial charge in [-0.3, -0.25) is 5.32 Å². The van der Waals surface area contributed by atoms with Crippen molar-refractivity contribution in [3.63, 3.8) is 0 Å². The van der Waals surface area contributed by atoms with Crippen molar-refractivity contribution in [2.75, 3.05) is 14.2 Å². The van der Waals surface area contributed by atoms with Crippen molar-refractivity contribution in [1.82, 2.24) is 5.32 Å². The van der Waals surface area contributed by atoms with Crippen molar-refractivity contribution in [1.29, 1.82) is 0 Å². The van der Waals surface area contributed by atoms with Gasteiger partial charge < -0.3 is 9.47 Å². The van der Waals surface area contributed by atoms with Gasteiger partial charge in [0, 0.05) is 0 Å². The van der Waals surface area contributed by atoms with Gasteiger partial charge in [-0.25, -0.2) is 4.79 Å². The highest BCUT2D eigenvalue weighted by molar-refractivity contribution is 6.32. The molecule has 1 aromatic rings. The third-order valence-corrected chi connectivity index (χ3v) is 2.36. The van der Waals surface area contributed by atoms with E-state index in [2.05, 4.69) is 10.1 Å². The number of rotatable bonds is 4. The lowest BCUT2D eigenvalue weighted by Crippen LogP contribution is -2.27. The van der Waals surface area contributed by atoms with Crippen LogP contribution in [0.3, 0.4) is 0 Å². The Labute approximate surface area is 99.5 Å². The van der Waals surface area contributed by atoms with E-state index in [0.29, 0.717) is 16.3 Å². The van der Waals surface area contributed by atoms with Crippen LogP contribution in [0.15, 0.2) is 18.2 Å². The summed E-state index contributed by atoms with van der Waals surface area (Å²) in [7, 11) is 3.10. The summed E-state index contributed by atoms with van der Waals surface area (Å²) in [6.07, 6.45) is -0.151. The number of hydrogen-bond donors (Lipinski definition) is 1. The molecule has 1 N–H and O–H groups in total. The molecule has 0 aromatic heterocycles. The van der Waals surface area contributed by atoms with E-state index in [-0.39, 0.29) is 6.23 Å². The molecule has 16 heavy (non-hydrogen) atoms. The van der Waals surface area contributed by atoms with Crippen LogP contribution in [0.4, 0.5) is 0 Å². The lowest BCUT2D eigenvalue weighted by Gasteiger charge is -2.14. The van der Waals surface area contributed by atoms with E-state index in [0.717, 1.165) is 0 Å². The van der Waals surface area contributed by atoms with E-state index in [4.69, 9.17) is 16.3 Å². The molecule has 88 valence electrons. The van der Waals surface area contributed by atoms with Crippen LogP contribution in [0.1, 0.15) is 17.3 Å². The molecule has 0 heterocycles. The molecule has 0 spiro atoms. The van der Waals surface area contributed by atoms with E-state index in [1.165, 1.54) is 13.2 Å². The summed E-state index contributed by atoms with van der Waals surface area (Å²) in [6.45, 7) is 1.85. The largest absolute Gasteiger partial charge is 0.474 e. The van der Waals surface area contributed by atoms with Crippen LogP contribution in [-0.2, 0) is 4.74 Å². The van der Waals surface area contributed by atoms with Gasteiger partial charge in [0.1, 0.15) is 12.0 Å². The smallest absolute Gasteiger partial charge is 0.337 e. The standard InChI is InChI=1S/C11H14ClNO3/c1-7(13-2)16-10-5-4-8(6-9(10)12)11(14)15-3/h4-7,13H,1-3H3. The number of hydrogen-bond acceptors (Lipinski definition) is 4. The van der Waals surface area contributed by atoms with Crippen LogP contribution in [0, 0.1) is 0 Å². The molecule has 4 nitrogen and oxygen atoms in total.